The van der Waals surface area contributed by atoms with Crippen LogP contribution in [-0.2, 0) is 22.5 Å². The van der Waals surface area contributed by atoms with Gasteiger partial charge in [0.2, 0.25) is 5.91 Å². The lowest BCUT2D eigenvalue weighted by atomic mass is 9.98. The van der Waals surface area contributed by atoms with Gasteiger partial charge >= 0.3 is 0 Å². The van der Waals surface area contributed by atoms with Crippen LogP contribution in [0.1, 0.15) is 47.3 Å². The molecule has 2 aromatic rings. The van der Waals surface area contributed by atoms with Gasteiger partial charge in [-0.2, -0.15) is 0 Å². The zero-order valence-corrected chi connectivity index (χ0v) is 19.9. The fourth-order valence-corrected chi connectivity index (χ4v) is 4.87. The number of hydrogen-bond acceptors (Lipinski definition) is 5. The van der Waals surface area contributed by atoms with Crippen LogP contribution < -0.4 is 5.48 Å². The fourth-order valence-electron chi connectivity index (χ4n) is 4.87. The maximum Gasteiger partial charge on any atom is 0.274 e. The number of piperazine rings is 1. The summed E-state index contributed by atoms with van der Waals surface area (Å²) < 4.78 is 5.41. The maximum absolute atomic E-state index is 13.2. The second-order valence-electron chi connectivity index (χ2n) is 9.24. The van der Waals surface area contributed by atoms with Gasteiger partial charge in [-0.1, -0.05) is 42.5 Å². The summed E-state index contributed by atoms with van der Waals surface area (Å²) in [4.78, 5) is 29.1. The van der Waals surface area contributed by atoms with Crippen molar-refractivity contribution in [3.63, 3.8) is 0 Å². The Kier molecular flexibility index (Phi) is 7.77. The van der Waals surface area contributed by atoms with Crippen LogP contribution in [0.3, 0.4) is 0 Å². The normalized spacial score (nSPS) is 21.1. The molecule has 0 spiro atoms. The number of carbonyl (C=O) groups excluding carboxylic acids is 2. The molecule has 180 valence electrons. The molecule has 7 nitrogen and oxygen atoms in total. The van der Waals surface area contributed by atoms with E-state index < -0.39 is 5.91 Å². The molecule has 2 N–H and O–H groups in total. The standard InChI is InChI=1S/C27H33N3O4/c1-19-16-29(17-20(2)30(19)18-21-6-8-24(9-7-21)27(32)28-33)26(31)15-22-4-3-5-25(14-22)23-10-12-34-13-11-23/h3-10,14,19-20,33H,11-13,15-18H2,1-2H3,(H,28,32)/t19-,20+. The van der Waals surface area contributed by atoms with Crippen LogP contribution in [-0.4, -0.2) is 65.2 Å². The van der Waals surface area contributed by atoms with Crippen LogP contribution in [0.2, 0.25) is 0 Å². The van der Waals surface area contributed by atoms with Crippen LogP contribution in [0, 0.1) is 0 Å². The largest absolute Gasteiger partial charge is 0.377 e. The van der Waals surface area contributed by atoms with E-state index in [-0.39, 0.29) is 18.0 Å². The van der Waals surface area contributed by atoms with Crippen LogP contribution in [0.25, 0.3) is 5.57 Å². The van der Waals surface area contributed by atoms with E-state index in [4.69, 9.17) is 9.94 Å². The molecule has 7 heteroatoms. The molecule has 0 aliphatic carbocycles. The molecule has 0 unspecified atom stereocenters. The molecule has 2 amide bonds. The third-order valence-corrected chi connectivity index (χ3v) is 6.75. The molecule has 34 heavy (non-hydrogen) atoms. The summed E-state index contributed by atoms with van der Waals surface area (Å²) in [5.41, 5.74) is 6.68. The average Bonchev–Trinajstić information content (AvgIpc) is 2.86. The quantitative estimate of drug-likeness (QED) is 0.508. The number of nitrogens with zero attached hydrogens (tertiary/aromatic N) is 2. The predicted molar refractivity (Wildman–Crippen MR) is 130 cm³/mol. The molecule has 2 aromatic carbocycles. The number of hydroxylamine groups is 1. The van der Waals surface area contributed by atoms with Crippen LogP contribution >= 0.6 is 0 Å². The van der Waals surface area contributed by atoms with E-state index in [2.05, 4.69) is 37.0 Å². The van der Waals surface area contributed by atoms with Crippen molar-refractivity contribution in [2.24, 2.45) is 0 Å². The first kappa shape index (κ1) is 24.1. The summed E-state index contributed by atoms with van der Waals surface area (Å²) in [5, 5.41) is 8.78. The Morgan fingerprint density at radius 2 is 1.79 bits per heavy atom. The lowest BCUT2D eigenvalue weighted by Gasteiger charge is -2.44. The van der Waals surface area contributed by atoms with Crippen molar-refractivity contribution >= 4 is 17.4 Å². The Labute approximate surface area is 201 Å². The average molecular weight is 464 g/mol. The van der Waals surface area contributed by atoms with Crippen molar-refractivity contribution in [2.45, 2.75) is 45.3 Å². The molecule has 0 aromatic heterocycles. The van der Waals surface area contributed by atoms with Gasteiger partial charge in [-0.15, -0.1) is 0 Å². The van der Waals surface area contributed by atoms with Crippen molar-refractivity contribution < 1.29 is 19.5 Å². The molecule has 0 radical (unpaired) electrons. The van der Waals surface area contributed by atoms with E-state index in [0.717, 1.165) is 30.7 Å². The van der Waals surface area contributed by atoms with Crippen LogP contribution in [0.5, 0.6) is 0 Å². The number of nitrogens with one attached hydrogen (secondary N) is 1. The van der Waals surface area contributed by atoms with Gasteiger partial charge in [0.05, 0.1) is 19.6 Å². The minimum Gasteiger partial charge on any atom is -0.377 e. The molecule has 0 bridgehead atoms. The molecule has 4 rings (SSSR count). The van der Waals surface area contributed by atoms with Crippen LogP contribution in [0.4, 0.5) is 0 Å². The Hall–Kier alpha value is -3.00. The highest BCUT2D eigenvalue weighted by Crippen LogP contribution is 2.24. The summed E-state index contributed by atoms with van der Waals surface area (Å²) in [6, 6.07) is 16.0. The first-order chi connectivity index (χ1) is 16.4. The van der Waals surface area contributed by atoms with Gasteiger partial charge in [-0.05, 0) is 54.7 Å². The zero-order chi connectivity index (χ0) is 24.1. The molecule has 1 fully saturated rings. The molecule has 2 aliphatic rings. The van der Waals surface area contributed by atoms with E-state index >= 15 is 0 Å². The summed E-state index contributed by atoms with van der Waals surface area (Å²) in [7, 11) is 0. The van der Waals surface area contributed by atoms with Crippen molar-refractivity contribution in [1.29, 1.82) is 0 Å². The number of hydrogen-bond donors (Lipinski definition) is 2. The van der Waals surface area contributed by atoms with Gasteiger partial charge < -0.3 is 9.64 Å². The molecular formula is C27H33N3O4. The lowest BCUT2D eigenvalue weighted by molar-refractivity contribution is -0.135. The number of benzene rings is 2. The first-order valence-corrected chi connectivity index (χ1v) is 11.9. The molecular weight excluding hydrogens is 430 g/mol. The second kappa shape index (κ2) is 11.0. The van der Waals surface area contributed by atoms with E-state index in [1.54, 1.807) is 17.6 Å². The smallest absolute Gasteiger partial charge is 0.274 e. The topological polar surface area (TPSA) is 82.1 Å². The monoisotopic (exact) mass is 463 g/mol. The number of carbonyl (C=O) groups is 2. The molecule has 2 atom stereocenters. The highest BCUT2D eigenvalue weighted by molar-refractivity contribution is 5.93. The molecule has 1 saturated heterocycles. The highest BCUT2D eigenvalue weighted by atomic mass is 16.5. The lowest BCUT2D eigenvalue weighted by Crippen LogP contribution is -2.57. The Morgan fingerprint density at radius 3 is 2.44 bits per heavy atom. The van der Waals surface area contributed by atoms with Crippen molar-refractivity contribution in [1.82, 2.24) is 15.3 Å². The summed E-state index contributed by atoms with van der Waals surface area (Å²) in [5.74, 6) is -0.355. The Morgan fingerprint density at radius 1 is 1.06 bits per heavy atom. The van der Waals surface area contributed by atoms with Gasteiger partial charge in [-0.3, -0.25) is 19.7 Å². The van der Waals surface area contributed by atoms with Crippen molar-refractivity contribution in [3.8, 4) is 0 Å². The Bertz CT molecular complexity index is 1040. The van der Waals surface area contributed by atoms with E-state index in [1.165, 1.54) is 11.1 Å². The minimum absolute atomic E-state index is 0.163. The third-order valence-electron chi connectivity index (χ3n) is 6.75. The van der Waals surface area contributed by atoms with Gasteiger partial charge in [0.25, 0.3) is 5.91 Å². The number of rotatable bonds is 6. The Balaban J connectivity index is 1.36. The zero-order valence-electron chi connectivity index (χ0n) is 19.9. The number of ether oxygens (including phenoxy) is 1. The maximum atomic E-state index is 13.2. The second-order valence-corrected chi connectivity index (χ2v) is 9.24. The number of amides is 2. The van der Waals surface area contributed by atoms with Gasteiger partial charge in [-0.25, -0.2) is 5.48 Å². The summed E-state index contributed by atoms with van der Waals surface area (Å²) >= 11 is 0. The van der Waals surface area contributed by atoms with Crippen molar-refractivity contribution in [2.75, 3.05) is 26.3 Å². The van der Waals surface area contributed by atoms with Gasteiger partial charge in [0.1, 0.15) is 0 Å². The van der Waals surface area contributed by atoms with Crippen LogP contribution in [0.15, 0.2) is 54.6 Å². The van der Waals surface area contributed by atoms with E-state index in [9.17, 15) is 9.59 Å². The fraction of sp³-hybridized carbons (Fsp3) is 0.407. The first-order valence-electron chi connectivity index (χ1n) is 11.9. The summed E-state index contributed by atoms with van der Waals surface area (Å²) in [6.45, 7) is 7.83. The SMILES string of the molecule is C[C@@H]1CN(C(=O)Cc2cccc(C3=CCOCC3)c2)C[C@H](C)N1Cc1ccc(C(=O)NO)cc1. The summed E-state index contributed by atoms with van der Waals surface area (Å²) in [6.07, 6.45) is 3.44. The molecule has 2 heterocycles. The highest BCUT2D eigenvalue weighted by Gasteiger charge is 2.31. The molecule has 2 aliphatic heterocycles. The van der Waals surface area contributed by atoms with Gasteiger partial charge in [0, 0.05) is 37.3 Å². The van der Waals surface area contributed by atoms with E-state index in [0.29, 0.717) is 31.7 Å². The third kappa shape index (κ3) is 5.73. The van der Waals surface area contributed by atoms with Crippen molar-refractivity contribution in [3.05, 3.63) is 76.9 Å². The minimum atomic E-state index is -0.518. The predicted octanol–water partition coefficient (Wildman–Crippen LogP) is 3.27. The van der Waals surface area contributed by atoms with E-state index in [1.807, 2.05) is 29.2 Å². The van der Waals surface area contributed by atoms with Gasteiger partial charge in [0.15, 0.2) is 0 Å². The molecule has 0 saturated carbocycles.